The van der Waals surface area contributed by atoms with Gasteiger partial charge in [-0.25, -0.2) is 0 Å². The number of phenolic OH excluding ortho intramolecular Hbond substituents is 1. The summed E-state index contributed by atoms with van der Waals surface area (Å²) in [5.41, 5.74) is 6.94. The van der Waals surface area contributed by atoms with E-state index in [1.807, 2.05) is 0 Å². The van der Waals surface area contributed by atoms with Gasteiger partial charge in [0.15, 0.2) is 0 Å². The molecule has 25 heavy (non-hydrogen) atoms. The number of hydrogen-bond donors (Lipinski definition) is 3. The summed E-state index contributed by atoms with van der Waals surface area (Å²) in [6.45, 7) is 20.2. The molecule has 0 radical (unpaired) electrons. The summed E-state index contributed by atoms with van der Waals surface area (Å²) < 4.78 is 0. The Kier molecular flexibility index (Phi) is 6.21. The number of aromatic hydroxyl groups is 1. The van der Waals surface area contributed by atoms with Crippen LogP contribution in [0.1, 0.15) is 5.56 Å². The van der Waals surface area contributed by atoms with E-state index >= 15 is 0 Å². The quantitative estimate of drug-likeness (QED) is 0.641. The second-order valence-corrected chi connectivity index (χ2v) is 25.1. The first kappa shape index (κ1) is 22.1. The SMILES string of the molecule is C[Si](C)(C)c1cc(CC(N)C(=O)O)c([Si](C)(C)C)c([Si](C)(C)C)c1O. The summed E-state index contributed by atoms with van der Waals surface area (Å²) >= 11 is 0. The molecule has 0 saturated carbocycles. The largest absolute Gasteiger partial charge is 0.508 e. The number of phenols is 1. The van der Waals surface area contributed by atoms with Crippen LogP contribution in [0.2, 0.25) is 58.9 Å². The van der Waals surface area contributed by atoms with E-state index in [-0.39, 0.29) is 0 Å². The molecule has 0 spiro atoms. The van der Waals surface area contributed by atoms with Crippen LogP contribution in [0.4, 0.5) is 0 Å². The number of carboxylic acid groups (broad SMARTS) is 1. The minimum atomic E-state index is -1.83. The Labute approximate surface area is 155 Å². The average molecular weight is 398 g/mol. The molecule has 0 aliphatic carbocycles. The van der Waals surface area contributed by atoms with Crippen LogP contribution in [-0.4, -0.2) is 46.4 Å². The lowest BCUT2D eigenvalue weighted by molar-refractivity contribution is -0.138. The van der Waals surface area contributed by atoms with Crippen LogP contribution >= 0.6 is 0 Å². The van der Waals surface area contributed by atoms with Crippen molar-refractivity contribution in [1.29, 1.82) is 0 Å². The Morgan fingerprint density at radius 3 is 1.72 bits per heavy atom. The number of carbonyl (C=O) groups is 1. The van der Waals surface area contributed by atoms with E-state index < -0.39 is 36.2 Å². The lowest BCUT2D eigenvalue weighted by Gasteiger charge is -2.35. The Balaban J connectivity index is 3.94. The fraction of sp³-hybridized carbons (Fsp3) is 0.611. The maximum Gasteiger partial charge on any atom is 0.320 e. The van der Waals surface area contributed by atoms with E-state index in [9.17, 15) is 15.0 Å². The van der Waals surface area contributed by atoms with Crippen molar-refractivity contribution in [2.75, 3.05) is 0 Å². The van der Waals surface area contributed by atoms with E-state index in [2.05, 4.69) is 65.0 Å². The number of hydrogen-bond acceptors (Lipinski definition) is 3. The van der Waals surface area contributed by atoms with Crippen molar-refractivity contribution in [2.45, 2.75) is 71.4 Å². The Bertz CT molecular complexity index is 668. The summed E-state index contributed by atoms with van der Waals surface area (Å²) in [5, 5.41) is 23.9. The normalized spacial score (nSPS) is 14.5. The molecule has 142 valence electrons. The molecule has 1 rings (SSSR count). The van der Waals surface area contributed by atoms with Crippen molar-refractivity contribution in [3.63, 3.8) is 0 Å². The molecule has 0 bridgehead atoms. The van der Waals surface area contributed by atoms with Gasteiger partial charge >= 0.3 is 5.97 Å². The maximum atomic E-state index is 11.3. The van der Waals surface area contributed by atoms with Crippen LogP contribution in [0, 0.1) is 0 Å². The molecule has 1 unspecified atom stereocenters. The fourth-order valence-electron chi connectivity index (χ4n) is 3.37. The standard InChI is InChI=1S/C18H35NO3Si3/c1-23(2,3)14-11-12(10-13(19)18(21)22)16(24(4,5)6)17(15(14)20)25(7,8)9/h11,13,20H,10,19H2,1-9H3,(H,21,22). The first-order valence-electron chi connectivity index (χ1n) is 8.86. The topological polar surface area (TPSA) is 83.6 Å². The van der Waals surface area contributed by atoms with E-state index in [1.165, 1.54) is 5.19 Å². The Hall–Kier alpha value is -0.899. The minimum absolute atomic E-state index is 0.324. The third kappa shape index (κ3) is 5.06. The second kappa shape index (κ2) is 7.02. The molecule has 1 aromatic rings. The molecule has 0 heterocycles. The zero-order valence-corrected chi connectivity index (χ0v) is 20.2. The molecular formula is C18H35NO3Si3. The highest BCUT2D eigenvalue weighted by Crippen LogP contribution is 2.20. The van der Waals surface area contributed by atoms with Gasteiger partial charge in [0.2, 0.25) is 0 Å². The number of benzene rings is 1. The van der Waals surface area contributed by atoms with Gasteiger partial charge in [-0.3, -0.25) is 4.79 Å². The van der Waals surface area contributed by atoms with Gasteiger partial charge in [0, 0.05) is 0 Å². The molecule has 7 heteroatoms. The third-order valence-corrected chi connectivity index (χ3v) is 10.8. The molecule has 0 fully saturated rings. The lowest BCUT2D eigenvalue weighted by Crippen LogP contribution is -2.60. The number of aliphatic carboxylic acids is 1. The van der Waals surface area contributed by atoms with Crippen molar-refractivity contribution in [1.82, 2.24) is 0 Å². The Morgan fingerprint density at radius 1 is 0.960 bits per heavy atom. The van der Waals surface area contributed by atoms with Crippen LogP contribution in [0.25, 0.3) is 0 Å². The summed E-state index contributed by atoms with van der Waals surface area (Å²) in [5.74, 6) is -0.498. The van der Waals surface area contributed by atoms with E-state index in [0.717, 1.165) is 15.9 Å². The molecule has 1 aromatic carbocycles. The lowest BCUT2D eigenvalue weighted by atomic mass is 10.1. The first-order chi connectivity index (χ1) is 11.0. The molecule has 0 amide bonds. The summed E-state index contributed by atoms with van der Waals surface area (Å²) in [7, 11) is -5.42. The van der Waals surface area contributed by atoms with Crippen molar-refractivity contribution >= 4 is 45.8 Å². The highest BCUT2D eigenvalue weighted by atomic mass is 28.3. The number of nitrogens with two attached hydrogens (primary N) is 1. The molecule has 0 aromatic heterocycles. The van der Waals surface area contributed by atoms with Gasteiger partial charge in [-0.15, -0.1) is 0 Å². The average Bonchev–Trinajstić information content (AvgIpc) is 2.35. The van der Waals surface area contributed by atoms with Gasteiger partial charge in [-0.2, -0.15) is 0 Å². The van der Waals surface area contributed by atoms with Gasteiger partial charge in [0.05, 0.1) is 24.2 Å². The summed E-state index contributed by atoms with van der Waals surface area (Å²) in [4.78, 5) is 11.3. The van der Waals surface area contributed by atoms with Crippen molar-refractivity contribution < 1.29 is 15.0 Å². The van der Waals surface area contributed by atoms with Gasteiger partial charge in [0.25, 0.3) is 0 Å². The van der Waals surface area contributed by atoms with Crippen LogP contribution in [0.15, 0.2) is 6.07 Å². The summed E-state index contributed by atoms with van der Waals surface area (Å²) in [6.07, 6.45) is 0.324. The molecule has 4 N–H and O–H groups in total. The van der Waals surface area contributed by atoms with Gasteiger partial charge in [-0.05, 0) is 22.4 Å². The van der Waals surface area contributed by atoms with E-state index in [4.69, 9.17) is 5.73 Å². The zero-order valence-electron chi connectivity index (χ0n) is 17.2. The zero-order chi connectivity index (χ0) is 20.0. The van der Waals surface area contributed by atoms with Gasteiger partial charge in [-0.1, -0.05) is 70.2 Å². The summed E-state index contributed by atoms with van der Waals surface area (Å²) in [6, 6.07) is 1.16. The molecule has 0 aliphatic rings. The number of rotatable bonds is 6. The monoisotopic (exact) mass is 397 g/mol. The molecule has 0 saturated heterocycles. The van der Waals surface area contributed by atoms with Gasteiger partial charge < -0.3 is 15.9 Å². The fourth-order valence-corrected chi connectivity index (χ4v) is 11.0. The molecule has 0 aliphatic heterocycles. The first-order valence-corrected chi connectivity index (χ1v) is 19.4. The van der Waals surface area contributed by atoms with Crippen LogP contribution in [0.3, 0.4) is 0 Å². The van der Waals surface area contributed by atoms with Crippen LogP contribution < -0.4 is 21.3 Å². The maximum absolute atomic E-state index is 11.3. The Morgan fingerprint density at radius 2 is 1.40 bits per heavy atom. The van der Waals surface area contributed by atoms with Crippen LogP contribution in [-0.2, 0) is 11.2 Å². The predicted molar refractivity (Wildman–Crippen MR) is 116 cm³/mol. The van der Waals surface area contributed by atoms with Crippen molar-refractivity contribution in [3.05, 3.63) is 11.6 Å². The van der Waals surface area contributed by atoms with E-state index in [0.29, 0.717) is 12.2 Å². The minimum Gasteiger partial charge on any atom is -0.508 e. The van der Waals surface area contributed by atoms with Crippen molar-refractivity contribution in [2.24, 2.45) is 5.73 Å². The highest BCUT2D eigenvalue weighted by molar-refractivity contribution is 7.00. The third-order valence-electron chi connectivity index (χ3n) is 4.45. The van der Waals surface area contributed by atoms with Crippen LogP contribution in [0.5, 0.6) is 5.75 Å². The smallest absolute Gasteiger partial charge is 0.320 e. The number of carboxylic acids is 1. The van der Waals surface area contributed by atoms with E-state index in [1.54, 1.807) is 0 Å². The predicted octanol–water partition coefficient (Wildman–Crippen LogP) is 1.98. The highest BCUT2D eigenvalue weighted by Gasteiger charge is 2.36. The van der Waals surface area contributed by atoms with Crippen molar-refractivity contribution in [3.8, 4) is 5.75 Å². The molecular weight excluding hydrogens is 362 g/mol. The second-order valence-electron chi connectivity index (χ2n) is 10.1. The van der Waals surface area contributed by atoms with Gasteiger partial charge in [0.1, 0.15) is 11.8 Å². The molecule has 4 nitrogen and oxygen atoms in total. The molecule has 1 atom stereocenters.